The van der Waals surface area contributed by atoms with Crippen LogP contribution in [0.4, 0.5) is 23.7 Å². The second kappa shape index (κ2) is 9.94. The van der Waals surface area contributed by atoms with E-state index < -0.39 is 11.7 Å². The Morgan fingerprint density at radius 2 is 1.69 bits per heavy atom. The van der Waals surface area contributed by atoms with Gasteiger partial charge in [-0.3, -0.25) is 0 Å². The van der Waals surface area contributed by atoms with Crippen molar-refractivity contribution in [3.05, 3.63) is 65.7 Å². The molecule has 1 heterocycles. The normalized spacial score (nSPS) is 16.1. The van der Waals surface area contributed by atoms with Crippen LogP contribution >= 0.6 is 0 Å². The van der Waals surface area contributed by atoms with Crippen LogP contribution in [-0.4, -0.2) is 41.5 Å². The lowest BCUT2D eigenvalue weighted by molar-refractivity contribution is -0.137. The van der Waals surface area contributed by atoms with Gasteiger partial charge in [0.1, 0.15) is 0 Å². The summed E-state index contributed by atoms with van der Waals surface area (Å²) in [6.45, 7) is 9.83. The Morgan fingerprint density at radius 3 is 2.28 bits per heavy atom. The highest BCUT2D eigenvalue weighted by molar-refractivity contribution is 5.89. The van der Waals surface area contributed by atoms with Gasteiger partial charge < -0.3 is 15.1 Å². The van der Waals surface area contributed by atoms with Gasteiger partial charge in [-0.15, -0.1) is 0 Å². The monoisotopic (exact) mass is 447 g/mol. The number of carbonyl (C=O) groups excluding carboxylic acids is 1. The lowest BCUT2D eigenvalue weighted by Crippen LogP contribution is -2.49. The maximum Gasteiger partial charge on any atom is 0.416 e. The van der Waals surface area contributed by atoms with Gasteiger partial charge in [0.2, 0.25) is 0 Å². The van der Waals surface area contributed by atoms with Gasteiger partial charge in [-0.25, -0.2) is 4.79 Å². The summed E-state index contributed by atoms with van der Waals surface area (Å²) in [7, 11) is 0. The van der Waals surface area contributed by atoms with Gasteiger partial charge in [0.25, 0.3) is 0 Å². The molecule has 2 aromatic carbocycles. The predicted molar refractivity (Wildman–Crippen MR) is 121 cm³/mol. The Hall–Kier alpha value is -2.54. The van der Waals surface area contributed by atoms with Gasteiger partial charge in [-0.2, -0.15) is 13.2 Å². The van der Waals surface area contributed by atoms with E-state index in [0.29, 0.717) is 6.54 Å². The van der Waals surface area contributed by atoms with Crippen LogP contribution in [0.15, 0.2) is 54.6 Å². The van der Waals surface area contributed by atoms with E-state index >= 15 is 0 Å². The van der Waals surface area contributed by atoms with E-state index in [1.165, 1.54) is 12.1 Å². The van der Waals surface area contributed by atoms with Crippen molar-refractivity contribution in [2.24, 2.45) is 5.41 Å². The molecule has 0 atom stereocenters. The number of rotatable bonds is 5. The topological polar surface area (TPSA) is 35.6 Å². The summed E-state index contributed by atoms with van der Waals surface area (Å²) < 4.78 is 39.2. The molecule has 1 aliphatic rings. The molecule has 174 valence electrons. The van der Waals surface area contributed by atoms with Gasteiger partial charge in [0, 0.05) is 37.9 Å². The number of amides is 2. The van der Waals surface area contributed by atoms with E-state index in [-0.39, 0.29) is 23.2 Å². The summed E-state index contributed by atoms with van der Waals surface area (Å²) in [4.78, 5) is 17.4. The fourth-order valence-corrected chi connectivity index (χ4v) is 4.18. The summed E-state index contributed by atoms with van der Waals surface area (Å²) in [6.07, 6.45) is -2.79. The molecule has 0 unspecified atom stereocenters. The van der Waals surface area contributed by atoms with E-state index in [4.69, 9.17) is 0 Å². The predicted octanol–water partition coefficient (Wildman–Crippen LogP) is 6.25. The zero-order valence-electron chi connectivity index (χ0n) is 19.0. The molecule has 0 aliphatic carbocycles. The van der Waals surface area contributed by atoms with Gasteiger partial charge in [-0.05, 0) is 42.0 Å². The average Bonchev–Trinajstić information content (AvgIpc) is 2.72. The largest absolute Gasteiger partial charge is 0.416 e. The van der Waals surface area contributed by atoms with E-state index in [1.807, 2.05) is 30.3 Å². The average molecular weight is 448 g/mol. The molecule has 1 saturated heterocycles. The summed E-state index contributed by atoms with van der Waals surface area (Å²) in [6, 6.07) is 14.1. The number of nitrogens with one attached hydrogen (secondary N) is 1. The number of carbonyl (C=O) groups is 1. The van der Waals surface area contributed by atoms with Crippen LogP contribution in [0, 0.1) is 5.41 Å². The zero-order chi connectivity index (χ0) is 23.4. The third-order valence-electron chi connectivity index (χ3n) is 5.59. The summed E-state index contributed by atoms with van der Waals surface area (Å²) in [5, 5.41) is 2.69. The molecule has 32 heavy (non-hydrogen) atoms. The van der Waals surface area contributed by atoms with Crippen molar-refractivity contribution >= 4 is 11.7 Å². The summed E-state index contributed by atoms with van der Waals surface area (Å²) in [5.74, 6) is 0. The molecule has 3 rings (SSSR count). The standard InChI is InChI=1S/C25H32F3N3O/c1-24(2,3)18-30-14-12-22(13-15-30)31(17-19-8-5-4-6-9-19)23(32)29-21-11-7-10-20(16-21)25(26,27)28/h4-11,16,22H,12-15,17-18H2,1-3H3,(H,29,32). The van der Waals surface area contributed by atoms with Crippen molar-refractivity contribution in [2.75, 3.05) is 25.0 Å². The second-order valence-corrected chi connectivity index (χ2v) is 9.69. The van der Waals surface area contributed by atoms with E-state index in [9.17, 15) is 18.0 Å². The molecule has 0 aromatic heterocycles. The highest BCUT2D eigenvalue weighted by Gasteiger charge is 2.32. The first-order valence-corrected chi connectivity index (χ1v) is 11.0. The number of likely N-dealkylation sites (tertiary alicyclic amines) is 1. The SMILES string of the molecule is CC(C)(C)CN1CCC(N(Cc2ccccc2)C(=O)Nc2cccc(C(F)(F)F)c2)CC1. The van der Waals surface area contributed by atoms with E-state index in [1.54, 1.807) is 4.90 Å². The molecule has 0 spiro atoms. The van der Waals surface area contributed by atoms with Crippen LogP contribution in [0.3, 0.4) is 0 Å². The summed E-state index contributed by atoms with van der Waals surface area (Å²) >= 11 is 0. The van der Waals surface area contributed by atoms with Crippen molar-refractivity contribution in [1.82, 2.24) is 9.80 Å². The number of hydrogen-bond donors (Lipinski definition) is 1. The highest BCUT2D eigenvalue weighted by atomic mass is 19.4. The van der Waals surface area contributed by atoms with Crippen molar-refractivity contribution in [2.45, 2.75) is 52.4 Å². The van der Waals surface area contributed by atoms with Gasteiger partial charge in [0.05, 0.1) is 5.56 Å². The third-order valence-corrected chi connectivity index (χ3v) is 5.59. The minimum Gasteiger partial charge on any atom is -0.317 e. The molecule has 1 N–H and O–H groups in total. The Balaban J connectivity index is 1.74. The number of halogens is 3. The smallest absolute Gasteiger partial charge is 0.317 e. The summed E-state index contributed by atoms with van der Waals surface area (Å²) in [5.41, 5.74) is 0.564. The van der Waals surface area contributed by atoms with Gasteiger partial charge in [-0.1, -0.05) is 57.2 Å². The number of hydrogen-bond acceptors (Lipinski definition) is 2. The first kappa shape index (κ1) is 24.1. The number of urea groups is 1. The molecule has 1 aliphatic heterocycles. The maximum absolute atomic E-state index is 13.2. The zero-order valence-corrected chi connectivity index (χ0v) is 19.0. The quantitative estimate of drug-likeness (QED) is 0.588. The molecule has 0 bridgehead atoms. The molecule has 7 heteroatoms. The Morgan fingerprint density at radius 1 is 1.03 bits per heavy atom. The minimum atomic E-state index is -4.45. The van der Waals surface area contributed by atoms with Gasteiger partial charge >= 0.3 is 12.2 Å². The van der Waals surface area contributed by atoms with E-state index in [2.05, 4.69) is 31.0 Å². The Labute approximate surface area is 188 Å². The number of benzene rings is 2. The van der Waals surface area contributed by atoms with Crippen molar-refractivity contribution in [3.63, 3.8) is 0 Å². The molecule has 2 amide bonds. The maximum atomic E-state index is 13.2. The number of alkyl halides is 3. The molecule has 0 saturated carbocycles. The van der Waals surface area contributed by atoms with Crippen LogP contribution in [0.25, 0.3) is 0 Å². The number of anilines is 1. The molecule has 1 fully saturated rings. The molecule has 4 nitrogen and oxygen atoms in total. The minimum absolute atomic E-state index is 0.0252. The number of nitrogens with zero attached hydrogens (tertiary/aromatic N) is 2. The van der Waals surface area contributed by atoms with Crippen LogP contribution in [0.5, 0.6) is 0 Å². The molecule has 0 radical (unpaired) electrons. The van der Waals surface area contributed by atoms with E-state index in [0.717, 1.165) is 50.2 Å². The van der Waals surface area contributed by atoms with Crippen molar-refractivity contribution < 1.29 is 18.0 Å². The highest BCUT2D eigenvalue weighted by Crippen LogP contribution is 2.31. The third kappa shape index (κ3) is 6.99. The molecule has 2 aromatic rings. The van der Waals surface area contributed by atoms with Crippen LogP contribution < -0.4 is 5.32 Å². The fraction of sp³-hybridized carbons (Fsp3) is 0.480. The Bertz CT molecular complexity index is 885. The van der Waals surface area contributed by atoms with Crippen LogP contribution in [0.2, 0.25) is 0 Å². The lowest BCUT2D eigenvalue weighted by Gasteiger charge is -2.40. The first-order valence-electron chi connectivity index (χ1n) is 11.0. The lowest BCUT2D eigenvalue weighted by atomic mass is 9.94. The number of piperidine rings is 1. The van der Waals surface area contributed by atoms with Gasteiger partial charge in [0.15, 0.2) is 0 Å². The fourth-order valence-electron chi connectivity index (χ4n) is 4.18. The second-order valence-electron chi connectivity index (χ2n) is 9.69. The van der Waals surface area contributed by atoms with Crippen molar-refractivity contribution in [3.8, 4) is 0 Å². The van der Waals surface area contributed by atoms with Crippen LogP contribution in [0.1, 0.15) is 44.7 Å². The first-order chi connectivity index (χ1) is 15.0. The van der Waals surface area contributed by atoms with Crippen molar-refractivity contribution in [1.29, 1.82) is 0 Å². The molecular formula is C25H32F3N3O. The van der Waals surface area contributed by atoms with Crippen LogP contribution in [-0.2, 0) is 12.7 Å². The Kier molecular flexibility index (Phi) is 7.49. The molecular weight excluding hydrogens is 415 g/mol.